The minimum atomic E-state index is -4.21. The van der Waals surface area contributed by atoms with Gasteiger partial charge in [-0.25, -0.2) is 0 Å². The van der Waals surface area contributed by atoms with Crippen molar-refractivity contribution in [1.82, 2.24) is 0 Å². The molecule has 0 saturated carbocycles. The van der Waals surface area contributed by atoms with Gasteiger partial charge < -0.3 is 0 Å². The van der Waals surface area contributed by atoms with Crippen molar-refractivity contribution in [3.63, 3.8) is 0 Å². The topological polar surface area (TPSA) is 17.1 Å². The Hall–Kier alpha value is -0.800. The zero-order valence-corrected chi connectivity index (χ0v) is 6.98. The van der Waals surface area contributed by atoms with Gasteiger partial charge in [-0.3, -0.25) is 4.79 Å². The van der Waals surface area contributed by atoms with Gasteiger partial charge in [0.2, 0.25) is 0 Å². The predicted octanol–water partition coefficient (Wildman–Crippen LogP) is 2.72. The molecule has 0 spiro atoms. The molecule has 0 unspecified atom stereocenters. The monoisotopic (exact) mass is 180 g/mol. The van der Waals surface area contributed by atoms with Crippen LogP contribution in [0.25, 0.3) is 0 Å². The molecule has 0 fully saturated rings. The molecule has 0 aromatic carbocycles. The largest absolute Gasteiger partial charge is 0.392 e. The smallest absolute Gasteiger partial charge is 0.295 e. The number of hydrogen-bond acceptors (Lipinski definition) is 1. The molecule has 0 aliphatic rings. The molecule has 0 bridgehead atoms. The summed E-state index contributed by atoms with van der Waals surface area (Å²) in [6, 6.07) is 0. The third-order valence-electron chi connectivity index (χ3n) is 1.20. The lowest BCUT2D eigenvalue weighted by atomic mass is 10.1. The van der Waals surface area contributed by atoms with Gasteiger partial charge in [-0.1, -0.05) is 19.9 Å². The van der Waals surface area contributed by atoms with E-state index in [4.69, 9.17) is 0 Å². The van der Waals surface area contributed by atoms with Gasteiger partial charge in [-0.05, 0) is 6.08 Å². The Morgan fingerprint density at radius 2 is 1.92 bits per heavy atom. The van der Waals surface area contributed by atoms with Gasteiger partial charge in [0.15, 0.2) is 5.78 Å². The average molecular weight is 180 g/mol. The summed E-state index contributed by atoms with van der Waals surface area (Å²) in [6.07, 6.45) is -3.42. The molecule has 12 heavy (non-hydrogen) atoms. The van der Waals surface area contributed by atoms with E-state index >= 15 is 0 Å². The summed E-state index contributed by atoms with van der Waals surface area (Å²) in [5, 5.41) is 0. The maximum atomic E-state index is 11.5. The van der Waals surface area contributed by atoms with Crippen molar-refractivity contribution in [1.29, 1.82) is 0 Å². The van der Waals surface area contributed by atoms with Crippen molar-refractivity contribution in [2.24, 2.45) is 5.92 Å². The highest BCUT2D eigenvalue weighted by Crippen LogP contribution is 2.19. The molecule has 0 heterocycles. The van der Waals surface area contributed by atoms with E-state index in [1.807, 2.05) is 0 Å². The molecule has 0 aromatic heterocycles. The number of rotatable bonds is 3. The molecule has 70 valence electrons. The number of halogens is 3. The normalized spacial score (nSPS) is 12.8. The molecular formula is C8H11F3O. The van der Waals surface area contributed by atoms with Gasteiger partial charge in [-0.2, -0.15) is 13.2 Å². The van der Waals surface area contributed by atoms with Crippen LogP contribution >= 0.6 is 0 Å². The summed E-state index contributed by atoms with van der Waals surface area (Å²) >= 11 is 0. The van der Waals surface area contributed by atoms with Crippen LogP contribution in [0.5, 0.6) is 0 Å². The second-order valence-corrected chi connectivity index (χ2v) is 2.78. The SMILES string of the molecule is CC(C)C(=O)/C=C/CC(F)(F)F. The van der Waals surface area contributed by atoms with Crippen LogP contribution in [0, 0.1) is 5.92 Å². The Balaban J connectivity index is 3.86. The van der Waals surface area contributed by atoms with E-state index < -0.39 is 12.6 Å². The number of hydrogen-bond donors (Lipinski definition) is 0. The van der Waals surface area contributed by atoms with Gasteiger partial charge in [-0.15, -0.1) is 0 Å². The Kier molecular flexibility index (Phi) is 4.00. The van der Waals surface area contributed by atoms with Crippen LogP contribution in [-0.2, 0) is 4.79 Å². The van der Waals surface area contributed by atoms with Crippen LogP contribution < -0.4 is 0 Å². The number of carbonyl (C=O) groups excluding carboxylic acids is 1. The number of allylic oxidation sites excluding steroid dienone is 2. The number of ketones is 1. The molecule has 0 atom stereocenters. The van der Waals surface area contributed by atoms with Gasteiger partial charge >= 0.3 is 6.18 Å². The van der Waals surface area contributed by atoms with Gasteiger partial charge in [0.05, 0.1) is 6.42 Å². The van der Waals surface area contributed by atoms with Crippen molar-refractivity contribution in [2.45, 2.75) is 26.4 Å². The minimum absolute atomic E-state index is 0.241. The predicted molar refractivity (Wildman–Crippen MR) is 39.7 cm³/mol. The first-order valence-corrected chi connectivity index (χ1v) is 3.60. The van der Waals surface area contributed by atoms with E-state index in [1.165, 1.54) is 0 Å². The maximum absolute atomic E-state index is 11.5. The molecule has 0 aliphatic heterocycles. The summed E-state index contributed by atoms with van der Waals surface area (Å²) in [6.45, 7) is 3.28. The van der Waals surface area contributed by atoms with Crippen molar-refractivity contribution in [2.75, 3.05) is 0 Å². The summed E-state index contributed by atoms with van der Waals surface area (Å²) in [7, 11) is 0. The molecule has 0 saturated heterocycles. The van der Waals surface area contributed by atoms with Crippen molar-refractivity contribution < 1.29 is 18.0 Å². The standard InChI is InChI=1S/C8H11F3O/c1-6(2)7(12)4-3-5-8(9,10)11/h3-4,6H,5H2,1-2H3/b4-3+. The second-order valence-electron chi connectivity index (χ2n) is 2.78. The average Bonchev–Trinajstić information content (AvgIpc) is 1.84. The van der Waals surface area contributed by atoms with Crippen LogP contribution in [0.4, 0.5) is 13.2 Å². The molecule has 4 heteroatoms. The number of carbonyl (C=O) groups is 1. The summed E-state index contributed by atoms with van der Waals surface area (Å²) < 4.78 is 34.6. The van der Waals surface area contributed by atoms with Crippen LogP contribution in [0.3, 0.4) is 0 Å². The first-order chi connectivity index (χ1) is 5.33. The summed E-state index contributed by atoms with van der Waals surface area (Å²) in [4.78, 5) is 10.8. The lowest BCUT2D eigenvalue weighted by molar-refractivity contribution is -0.125. The highest BCUT2D eigenvalue weighted by atomic mass is 19.4. The van der Waals surface area contributed by atoms with Gasteiger partial charge in [0.25, 0.3) is 0 Å². The fourth-order valence-electron chi connectivity index (χ4n) is 0.501. The van der Waals surface area contributed by atoms with Crippen molar-refractivity contribution in [3.8, 4) is 0 Å². The Labute approximate surface area is 69.3 Å². The van der Waals surface area contributed by atoms with Crippen molar-refractivity contribution in [3.05, 3.63) is 12.2 Å². The lowest BCUT2D eigenvalue weighted by Crippen LogP contribution is -2.06. The van der Waals surface area contributed by atoms with Crippen molar-refractivity contribution >= 4 is 5.78 Å². The second kappa shape index (κ2) is 4.28. The molecule has 0 aliphatic carbocycles. The van der Waals surface area contributed by atoms with Crippen LogP contribution in [-0.4, -0.2) is 12.0 Å². The lowest BCUT2D eigenvalue weighted by Gasteiger charge is -2.00. The van der Waals surface area contributed by atoms with Gasteiger partial charge in [0, 0.05) is 5.92 Å². The molecule has 0 N–H and O–H groups in total. The van der Waals surface area contributed by atoms with E-state index in [-0.39, 0.29) is 11.7 Å². The maximum Gasteiger partial charge on any atom is 0.392 e. The molecular weight excluding hydrogens is 169 g/mol. The third kappa shape index (κ3) is 5.95. The molecule has 0 radical (unpaired) electrons. The first kappa shape index (κ1) is 11.2. The summed E-state index contributed by atoms with van der Waals surface area (Å²) in [5.41, 5.74) is 0. The molecule has 0 amide bonds. The van der Waals surface area contributed by atoms with E-state index in [2.05, 4.69) is 0 Å². The van der Waals surface area contributed by atoms with Gasteiger partial charge in [0.1, 0.15) is 0 Å². The highest BCUT2D eigenvalue weighted by Gasteiger charge is 2.24. The zero-order chi connectivity index (χ0) is 9.78. The van der Waals surface area contributed by atoms with E-state index in [0.29, 0.717) is 0 Å². The molecule has 0 rings (SSSR count). The molecule has 0 aromatic rings. The van der Waals surface area contributed by atoms with E-state index in [9.17, 15) is 18.0 Å². The third-order valence-corrected chi connectivity index (χ3v) is 1.20. The fraction of sp³-hybridized carbons (Fsp3) is 0.625. The highest BCUT2D eigenvalue weighted by molar-refractivity contribution is 5.91. The van der Waals surface area contributed by atoms with E-state index in [1.54, 1.807) is 13.8 Å². The quantitative estimate of drug-likeness (QED) is 0.610. The fourth-order valence-corrected chi connectivity index (χ4v) is 0.501. The summed E-state index contributed by atoms with van der Waals surface area (Å²) in [5.74, 6) is -0.520. The van der Waals surface area contributed by atoms with Crippen LogP contribution in [0.2, 0.25) is 0 Å². The Morgan fingerprint density at radius 3 is 2.25 bits per heavy atom. The molecule has 1 nitrogen and oxygen atoms in total. The Bertz CT molecular complexity index is 179. The first-order valence-electron chi connectivity index (χ1n) is 3.60. The minimum Gasteiger partial charge on any atom is -0.295 e. The Morgan fingerprint density at radius 1 is 1.42 bits per heavy atom. The van der Waals surface area contributed by atoms with Crippen LogP contribution in [0.1, 0.15) is 20.3 Å². The van der Waals surface area contributed by atoms with Crippen LogP contribution in [0.15, 0.2) is 12.2 Å². The van der Waals surface area contributed by atoms with E-state index in [0.717, 1.165) is 12.2 Å². The zero-order valence-electron chi connectivity index (χ0n) is 6.98. The number of alkyl halides is 3.